The number of fused-ring (bicyclic) bond motifs is 1. The number of hydrogen-bond acceptors (Lipinski definition) is 1. The van der Waals surface area contributed by atoms with Crippen molar-refractivity contribution in [1.29, 1.82) is 0 Å². The van der Waals surface area contributed by atoms with E-state index in [-0.39, 0.29) is 25.2 Å². The summed E-state index contributed by atoms with van der Waals surface area (Å²) < 4.78 is 93.2. The van der Waals surface area contributed by atoms with Crippen molar-refractivity contribution in [3.05, 3.63) is 29.3 Å². The molecule has 0 saturated heterocycles. The lowest BCUT2D eigenvalue weighted by molar-refractivity contribution is 0.101. The molecule has 1 nitrogen and oxygen atoms in total. The van der Waals surface area contributed by atoms with Gasteiger partial charge in [-0.05, 0) is 44.1 Å². The van der Waals surface area contributed by atoms with Crippen molar-refractivity contribution < 1.29 is 31.1 Å². The lowest BCUT2D eigenvalue weighted by Crippen LogP contribution is -2.28. The van der Waals surface area contributed by atoms with Gasteiger partial charge in [-0.3, -0.25) is 0 Å². The molecule has 1 aromatic rings. The van der Waals surface area contributed by atoms with Gasteiger partial charge in [-0.1, -0.05) is 19.4 Å². The summed E-state index contributed by atoms with van der Waals surface area (Å²) in [5.41, 5.74) is -0.440. The van der Waals surface area contributed by atoms with Gasteiger partial charge in [0, 0.05) is 11.5 Å². The first-order valence-electron chi connectivity index (χ1n) is 9.98. The first kappa shape index (κ1) is 21.3. The highest BCUT2D eigenvalue weighted by Crippen LogP contribution is 2.54. The summed E-state index contributed by atoms with van der Waals surface area (Å²) in [5, 5.41) is 0. The summed E-state index contributed by atoms with van der Waals surface area (Å²) in [7, 11) is 0. The predicted molar refractivity (Wildman–Crippen MR) is 94.5 cm³/mol. The molecule has 6 atom stereocenters. The first-order chi connectivity index (χ1) is 13.3. The molecule has 0 radical (unpaired) electrons. The van der Waals surface area contributed by atoms with Gasteiger partial charge in [-0.15, -0.1) is 0 Å². The van der Waals surface area contributed by atoms with Gasteiger partial charge in [0.1, 0.15) is 24.7 Å². The average molecular weight is 408 g/mol. The minimum absolute atomic E-state index is 0.107. The summed E-state index contributed by atoms with van der Waals surface area (Å²) in [6.45, 7) is 3.51. The van der Waals surface area contributed by atoms with Gasteiger partial charge < -0.3 is 4.74 Å². The van der Waals surface area contributed by atoms with E-state index in [2.05, 4.69) is 0 Å². The van der Waals surface area contributed by atoms with Gasteiger partial charge in [-0.2, -0.15) is 4.39 Å². The Kier molecular flexibility index (Phi) is 6.50. The number of halogens is 6. The zero-order valence-electron chi connectivity index (χ0n) is 16.0. The molecule has 0 heterocycles. The molecule has 2 fully saturated rings. The van der Waals surface area contributed by atoms with Crippen LogP contribution in [0.5, 0.6) is 5.75 Å². The Morgan fingerprint density at radius 1 is 0.893 bits per heavy atom. The topological polar surface area (TPSA) is 9.23 Å². The van der Waals surface area contributed by atoms with Gasteiger partial charge in [0.15, 0.2) is 11.6 Å². The summed E-state index contributed by atoms with van der Waals surface area (Å²) in [4.78, 5) is 0. The highest BCUT2D eigenvalue weighted by atomic mass is 19.2. The standard InChI is InChI=1S/C21H26F6O/c1-3-5-10-14(22)8-12-13(9-15(10)23)19(25)17(18(12)24)11-6-7-16(28-4-2)21(27)20(11)26/h6-7,10,12-15,17-19H,3-5,8-9H2,1-2H3. The fraction of sp³-hybridized carbons (Fsp3) is 0.714. The molecule has 3 rings (SSSR count). The zero-order valence-corrected chi connectivity index (χ0v) is 16.0. The molecule has 2 saturated carbocycles. The third-order valence-corrected chi connectivity index (χ3v) is 6.34. The molecule has 0 N–H and O–H groups in total. The van der Waals surface area contributed by atoms with Crippen molar-refractivity contribution in [1.82, 2.24) is 0 Å². The highest BCUT2D eigenvalue weighted by molar-refractivity contribution is 5.35. The van der Waals surface area contributed by atoms with E-state index in [1.807, 2.05) is 0 Å². The lowest BCUT2D eigenvalue weighted by atomic mass is 9.87. The van der Waals surface area contributed by atoms with E-state index in [1.165, 1.54) is 0 Å². The molecule has 0 amide bonds. The van der Waals surface area contributed by atoms with Gasteiger partial charge in [0.05, 0.1) is 12.5 Å². The van der Waals surface area contributed by atoms with Gasteiger partial charge in [-0.25, -0.2) is 22.0 Å². The quantitative estimate of drug-likeness (QED) is 0.523. The molecule has 2 aliphatic rings. The van der Waals surface area contributed by atoms with Crippen molar-refractivity contribution in [2.45, 2.75) is 70.1 Å². The third kappa shape index (κ3) is 3.61. The molecular weight excluding hydrogens is 382 g/mol. The van der Waals surface area contributed by atoms with Crippen LogP contribution in [0, 0.1) is 29.4 Å². The average Bonchev–Trinajstić information content (AvgIpc) is 2.80. The molecule has 28 heavy (non-hydrogen) atoms. The summed E-state index contributed by atoms with van der Waals surface area (Å²) >= 11 is 0. The first-order valence-corrected chi connectivity index (χ1v) is 9.98. The van der Waals surface area contributed by atoms with Crippen molar-refractivity contribution in [3.63, 3.8) is 0 Å². The number of ether oxygens (including phenoxy) is 1. The molecule has 0 aliphatic heterocycles. The van der Waals surface area contributed by atoms with Crippen LogP contribution in [0.25, 0.3) is 0 Å². The molecule has 0 bridgehead atoms. The molecule has 0 spiro atoms. The molecule has 0 aromatic heterocycles. The van der Waals surface area contributed by atoms with E-state index in [0.29, 0.717) is 12.8 Å². The van der Waals surface area contributed by atoms with E-state index >= 15 is 8.78 Å². The fourth-order valence-electron chi connectivity index (χ4n) is 5.00. The normalized spacial score (nSPS) is 38.1. The van der Waals surface area contributed by atoms with Crippen LogP contribution in [0.15, 0.2) is 12.1 Å². The van der Waals surface area contributed by atoms with E-state index in [0.717, 1.165) is 12.1 Å². The molecule has 158 valence electrons. The van der Waals surface area contributed by atoms with Crippen LogP contribution in [-0.4, -0.2) is 31.3 Å². The number of benzene rings is 1. The minimum atomic E-state index is -1.90. The van der Waals surface area contributed by atoms with Crippen LogP contribution >= 0.6 is 0 Å². The summed E-state index contributed by atoms with van der Waals surface area (Å²) in [6.07, 6.45) is -6.65. The Morgan fingerprint density at radius 2 is 1.46 bits per heavy atom. The van der Waals surface area contributed by atoms with Crippen molar-refractivity contribution in [2.75, 3.05) is 6.61 Å². The highest BCUT2D eigenvalue weighted by Gasteiger charge is 2.56. The van der Waals surface area contributed by atoms with Crippen LogP contribution in [0.3, 0.4) is 0 Å². The molecule has 6 unspecified atom stereocenters. The Morgan fingerprint density at radius 3 is 1.96 bits per heavy atom. The zero-order chi connectivity index (χ0) is 20.6. The summed E-state index contributed by atoms with van der Waals surface area (Å²) in [5.74, 6) is -7.56. The Labute approximate surface area is 161 Å². The second kappa shape index (κ2) is 8.54. The smallest absolute Gasteiger partial charge is 0.200 e. The van der Waals surface area contributed by atoms with Crippen LogP contribution in [-0.2, 0) is 0 Å². The molecule has 2 aliphatic carbocycles. The van der Waals surface area contributed by atoms with Gasteiger partial charge in [0.25, 0.3) is 0 Å². The lowest BCUT2D eigenvalue weighted by Gasteiger charge is -2.24. The molecule has 1 aromatic carbocycles. The van der Waals surface area contributed by atoms with Gasteiger partial charge >= 0.3 is 0 Å². The molecule has 7 heteroatoms. The number of hydrogen-bond donors (Lipinski definition) is 0. The maximum absolute atomic E-state index is 15.2. The van der Waals surface area contributed by atoms with Crippen LogP contribution in [0.2, 0.25) is 0 Å². The van der Waals surface area contributed by atoms with Gasteiger partial charge in [0.2, 0.25) is 5.82 Å². The van der Waals surface area contributed by atoms with Crippen molar-refractivity contribution in [2.24, 2.45) is 17.8 Å². The van der Waals surface area contributed by atoms with Crippen molar-refractivity contribution in [3.8, 4) is 5.75 Å². The van der Waals surface area contributed by atoms with E-state index in [4.69, 9.17) is 4.74 Å². The van der Waals surface area contributed by atoms with Crippen LogP contribution in [0.4, 0.5) is 26.3 Å². The summed E-state index contributed by atoms with van der Waals surface area (Å²) in [6, 6.07) is 2.25. The monoisotopic (exact) mass is 408 g/mol. The Balaban J connectivity index is 1.90. The van der Waals surface area contributed by atoms with Crippen molar-refractivity contribution >= 4 is 0 Å². The fourth-order valence-corrected chi connectivity index (χ4v) is 5.00. The Hall–Kier alpha value is -1.40. The van der Waals surface area contributed by atoms with E-state index < -0.39 is 65.6 Å². The van der Waals surface area contributed by atoms with E-state index in [1.54, 1.807) is 13.8 Å². The number of rotatable bonds is 5. The number of alkyl halides is 4. The second-order valence-electron chi connectivity index (χ2n) is 7.91. The van der Waals surface area contributed by atoms with E-state index in [9.17, 15) is 17.6 Å². The largest absolute Gasteiger partial charge is 0.491 e. The second-order valence-corrected chi connectivity index (χ2v) is 7.91. The minimum Gasteiger partial charge on any atom is -0.491 e. The predicted octanol–water partition coefficient (Wildman–Crippen LogP) is 6.26. The SMILES string of the molecule is CCCC1C(F)CC2C(F)C(c3ccc(OCC)c(F)c3F)C(F)C2CC1F. The third-order valence-electron chi connectivity index (χ3n) is 6.34. The maximum Gasteiger partial charge on any atom is 0.200 e. The maximum atomic E-state index is 15.2. The Bertz CT molecular complexity index is 659. The molecular formula is C21H26F6O. The van der Waals surface area contributed by atoms with Crippen LogP contribution in [0.1, 0.15) is 51.0 Å². The van der Waals surface area contributed by atoms with Crippen LogP contribution < -0.4 is 4.74 Å².